The van der Waals surface area contributed by atoms with Gasteiger partial charge in [-0.15, -0.1) is 11.3 Å². The third-order valence-electron chi connectivity index (χ3n) is 2.62. The second-order valence-electron chi connectivity index (χ2n) is 3.83. The molecule has 2 heterocycles. The summed E-state index contributed by atoms with van der Waals surface area (Å²) in [6.45, 7) is 3.33. The van der Waals surface area contributed by atoms with E-state index in [9.17, 15) is 14.9 Å². The fourth-order valence-electron chi connectivity index (χ4n) is 1.55. The normalized spacial score (nSPS) is 10.7. The highest BCUT2D eigenvalue weighted by molar-refractivity contribution is 7.18. The number of rotatable bonds is 2. The molecule has 0 aromatic carbocycles. The first-order valence-corrected chi connectivity index (χ1v) is 6.32. The minimum Gasteiger partial charge on any atom is -0.396 e. The highest BCUT2D eigenvalue weighted by Crippen LogP contribution is 2.34. The van der Waals surface area contributed by atoms with Crippen LogP contribution in [0.15, 0.2) is 6.07 Å². The van der Waals surface area contributed by atoms with Gasteiger partial charge in [0, 0.05) is 6.07 Å². The average molecular weight is 301 g/mol. The molecule has 0 aliphatic rings. The van der Waals surface area contributed by atoms with E-state index in [0.717, 1.165) is 22.1 Å². The highest BCUT2D eigenvalue weighted by atomic mass is 35.5. The second-order valence-corrected chi connectivity index (χ2v) is 5.48. The molecular weight excluding hydrogens is 292 g/mol. The number of aryl methyl sites for hydroxylation is 1. The highest BCUT2D eigenvalue weighted by Gasteiger charge is 2.24. The van der Waals surface area contributed by atoms with E-state index in [1.165, 1.54) is 0 Å². The lowest BCUT2D eigenvalue weighted by Gasteiger charge is -1.99. The summed E-state index contributed by atoms with van der Waals surface area (Å²) in [5, 5.41) is 14.7. The molecule has 0 atom stereocenters. The van der Waals surface area contributed by atoms with Crippen LogP contribution in [0.25, 0.3) is 0 Å². The maximum atomic E-state index is 12.2. The van der Waals surface area contributed by atoms with E-state index in [2.05, 4.69) is 5.10 Å². The molecule has 0 saturated carbocycles. The molecular formula is C10H9ClN4O3S. The van der Waals surface area contributed by atoms with Gasteiger partial charge in [0.25, 0.3) is 11.6 Å². The molecule has 0 aliphatic heterocycles. The molecule has 0 amide bonds. The van der Waals surface area contributed by atoms with E-state index in [4.69, 9.17) is 17.3 Å². The Morgan fingerprint density at radius 3 is 2.63 bits per heavy atom. The number of anilines is 1. The molecule has 2 N–H and O–H groups in total. The first-order valence-electron chi connectivity index (χ1n) is 5.13. The van der Waals surface area contributed by atoms with Crippen molar-refractivity contribution in [3.63, 3.8) is 0 Å². The van der Waals surface area contributed by atoms with Gasteiger partial charge in [0.15, 0.2) is 4.34 Å². The maximum Gasteiger partial charge on any atom is 0.299 e. The number of carbonyl (C=O) groups excluding carboxylic acids is 1. The lowest BCUT2D eigenvalue weighted by molar-refractivity contribution is -0.384. The summed E-state index contributed by atoms with van der Waals surface area (Å²) >= 11 is 6.56. The van der Waals surface area contributed by atoms with Crippen LogP contribution < -0.4 is 5.73 Å². The zero-order valence-corrected chi connectivity index (χ0v) is 11.6. The third kappa shape index (κ3) is 2.20. The molecule has 0 spiro atoms. The largest absolute Gasteiger partial charge is 0.396 e. The van der Waals surface area contributed by atoms with Crippen molar-refractivity contribution in [1.29, 1.82) is 0 Å². The Bertz CT molecular complexity index is 691. The second kappa shape index (κ2) is 4.63. The molecule has 0 bridgehead atoms. The topological polar surface area (TPSA) is 104 Å². The molecule has 7 nitrogen and oxygen atoms in total. The predicted octanol–water partition coefficient (Wildman–Crippen LogP) is 2.39. The first kappa shape index (κ1) is 13.5. The van der Waals surface area contributed by atoms with Gasteiger partial charge in [-0.1, -0.05) is 11.6 Å². The molecule has 9 heteroatoms. The summed E-state index contributed by atoms with van der Waals surface area (Å²) in [5.74, 6) is -0.489. The molecule has 2 aromatic heterocycles. The van der Waals surface area contributed by atoms with Crippen LogP contribution in [0.1, 0.15) is 21.1 Å². The van der Waals surface area contributed by atoms with Gasteiger partial charge >= 0.3 is 0 Å². The Balaban J connectivity index is 2.47. The fraction of sp³-hybridized carbons (Fsp3) is 0.200. The van der Waals surface area contributed by atoms with Crippen molar-refractivity contribution in [1.82, 2.24) is 9.78 Å². The lowest BCUT2D eigenvalue weighted by Crippen LogP contribution is -2.14. The van der Waals surface area contributed by atoms with Crippen molar-refractivity contribution in [3.05, 3.63) is 36.8 Å². The van der Waals surface area contributed by atoms with Gasteiger partial charge in [-0.05, 0) is 13.8 Å². The van der Waals surface area contributed by atoms with Crippen molar-refractivity contribution in [2.45, 2.75) is 13.8 Å². The number of nitrogen functional groups attached to an aromatic ring is 1. The Kier molecular flexibility index (Phi) is 3.29. The Morgan fingerprint density at radius 1 is 1.58 bits per heavy atom. The summed E-state index contributed by atoms with van der Waals surface area (Å²) in [4.78, 5) is 22.4. The van der Waals surface area contributed by atoms with E-state index in [1.807, 2.05) is 0 Å². The Hall–Kier alpha value is -1.93. The van der Waals surface area contributed by atoms with Gasteiger partial charge in [-0.25, -0.2) is 0 Å². The molecule has 19 heavy (non-hydrogen) atoms. The molecule has 0 radical (unpaired) electrons. The van der Waals surface area contributed by atoms with Gasteiger partial charge in [-0.2, -0.15) is 9.78 Å². The van der Waals surface area contributed by atoms with E-state index >= 15 is 0 Å². The van der Waals surface area contributed by atoms with Crippen LogP contribution in [0.4, 0.5) is 11.4 Å². The van der Waals surface area contributed by atoms with Gasteiger partial charge in [-0.3, -0.25) is 14.9 Å². The van der Waals surface area contributed by atoms with Crippen molar-refractivity contribution in [2.75, 3.05) is 5.73 Å². The summed E-state index contributed by atoms with van der Waals surface area (Å²) in [7, 11) is 0. The number of nitrogens with two attached hydrogens (primary N) is 1. The van der Waals surface area contributed by atoms with Crippen LogP contribution in [0.2, 0.25) is 4.34 Å². The number of hydrogen-bond acceptors (Lipinski definition) is 6. The Labute approximate surface area is 116 Å². The van der Waals surface area contributed by atoms with Crippen LogP contribution in [-0.2, 0) is 0 Å². The van der Waals surface area contributed by atoms with Gasteiger partial charge < -0.3 is 5.73 Å². The number of thiophene rings is 1. The Morgan fingerprint density at radius 2 is 2.21 bits per heavy atom. The van der Waals surface area contributed by atoms with E-state index in [0.29, 0.717) is 17.1 Å². The quantitative estimate of drug-likeness (QED) is 0.677. The van der Waals surface area contributed by atoms with E-state index in [-0.39, 0.29) is 14.9 Å². The van der Waals surface area contributed by atoms with Crippen molar-refractivity contribution >= 4 is 40.2 Å². The standard InChI is InChI=1S/C10H9ClN4O3S/c1-4-8(12)5(2)14(13-4)10(16)7-3-6(15(17)18)9(11)19-7/h3H,12H2,1-2H3. The number of carbonyl (C=O) groups is 1. The SMILES string of the molecule is Cc1nn(C(=O)c2cc([N+](=O)[O-])c(Cl)s2)c(C)c1N. The monoisotopic (exact) mass is 300 g/mol. The van der Waals surface area contributed by atoms with Crippen molar-refractivity contribution in [2.24, 2.45) is 0 Å². The maximum absolute atomic E-state index is 12.2. The summed E-state index contributed by atoms with van der Waals surface area (Å²) < 4.78 is 1.08. The molecule has 0 unspecified atom stereocenters. The number of halogens is 1. The van der Waals surface area contributed by atoms with Crippen LogP contribution in [0, 0.1) is 24.0 Å². The number of aromatic nitrogens is 2. The van der Waals surface area contributed by atoms with Gasteiger partial charge in [0.2, 0.25) is 0 Å². The lowest BCUT2D eigenvalue weighted by atomic mass is 10.3. The van der Waals surface area contributed by atoms with Gasteiger partial charge in [0.1, 0.15) is 4.88 Å². The molecule has 2 aromatic rings. The third-order valence-corrected chi connectivity index (χ3v) is 3.94. The van der Waals surface area contributed by atoms with E-state index in [1.54, 1.807) is 13.8 Å². The molecule has 0 fully saturated rings. The van der Waals surface area contributed by atoms with Crippen LogP contribution in [-0.4, -0.2) is 20.6 Å². The summed E-state index contributed by atoms with van der Waals surface area (Å²) in [6, 6.07) is 1.14. The minimum absolute atomic E-state index is 0.0390. The molecule has 100 valence electrons. The molecule has 0 saturated heterocycles. The predicted molar refractivity (Wildman–Crippen MR) is 71.8 cm³/mol. The first-order chi connectivity index (χ1) is 8.82. The van der Waals surface area contributed by atoms with Crippen LogP contribution >= 0.6 is 22.9 Å². The smallest absolute Gasteiger partial charge is 0.299 e. The number of nitro groups is 1. The molecule has 0 aliphatic carbocycles. The average Bonchev–Trinajstić information content (AvgIpc) is 2.85. The fourth-order valence-corrected chi connectivity index (χ4v) is 2.69. The number of nitrogens with zero attached hydrogens (tertiary/aromatic N) is 3. The van der Waals surface area contributed by atoms with Gasteiger partial charge in [0.05, 0.1) is 22.0 Å². The summed E-state index contributed by atoms with van der Waals surface area (Å²) in [6.07, 6.45) is 0. The minimum atomic E-state index is -0.634. The van der Waals surface area contributed by atoms with E-state index < -0.39 is 10.8 Å². The van der Waals surface area contributed by atoms with Crippen molar-refractivity contribution in [3.8, 4) is 0 Å². The summed E-state index contributed by atoms with van der Waals surface area (Å²) in [5.41, 5.74) is 6.90. The molecule has 2 rings (SSSR count). The van der Waals surface area contributed by atoms with Crippen LogP contribution in [0.3, 0.4) is 0 Å². The van der Waals surface area contributed by atoms with Crippen molar-refractivity contribution < 1.29 is 9.72 Å². The number of hydrogen-bond donors (Lipinski definition) is 1. The zero-order chi connectivity index (χ0) is 14.3. The zero-order valence-electron chi connectivity index (χ0n) is 10.0. The van der Waals surface area contributed by atoms with Crippen LogP contribution in [0.5, 0.6) is 0 Å².